The zero-order valence-electron chi connectivity index (χ0n) is 24.1. The third-order valence-corrected chi connectivity index (χ3v) is 8.08. The molecular formula is C35H31N9. The summed E-state index contributed by atoms with van der Waals surface area (Å²) in [5, 5.41) is 12.7. The van der Waals surface area contributed by atoms with Crippen LogP contribution in [0.4, 0.5) is 11.5 Å². The Morgan fingerprint density at radius 1 is 0.909 bits per heavy atom. The van der Waals surface area contributed by atoms with Gasteiger partial charge in [0.05, 0.1) is 28.7 Å². The molecule has 0 saturated carbocycles. The Morgan fingerprint density at radius 3 is 2.50 bits per heavy atom. The highest BCUT2D eigenvalue weighted by Crippen LogP contribution is 2.32. The van der Waals surface area contributed by atoms with Gasteiger partial charge >= 0.3 is 0 Å². The highest BCUT2D eigenvalue weighted by atomic mass is 15.2. The van der Waals surface area contributed by atoms with Crippen molar-refractivity contribution in [1.82, 2.24) is 29.4 Å². The molecule has 6 aromatic rings. The van der Waals surface area contributed by atoms with Gasteiger partial charge in [0.1, 0.15) is 17.4 Å². The van der Waals surface area contributed by atoms with E-state index >= 15 is 0 Å². The fourth-order valence-electron chi connectivity index (χ4n) is 5.82. The molecule has 0 aliphatic carbocycles. The average molecular weight is 578 g/mol. The molecule has 216 valence electrons. The molecule has 1 aliphatic rings. The molecule has 9 heteroatoms. The van der Waals surface area contributed by atoms with Crippen molar-refractivity contribution in [3.05, 3.63) is 115 Å². The van der Waals surface area contributed by atoms with Crippen LogP contribution in [-0.4, -0.2) is 48.5 Å². The summed E-state index contributed by atoms with van der Waals surface area (Å²) in [7, 11) is 0. The quantitative estimate of drug-likeness (QED) is 0.234. The first-order valence-corrected chi connectivity index (χ1v) is 14.7. The predicted molar refractivity (Wildman–Crippen MR) is 173 cm³/mol. The first kappa shape index (κ1) is 27.3. The minimum atomic E-state index is 0.366. The van der Waals surface area contributed by atoms with Crippen LogP contribution in [0.2, 0.25) is 0 Å². The fourth-order valence-corrected chi connectivity index (χ4v) is 5.82. The third kappa shape index (κ3) is 5.59. The van der Waals surface area contributed by atoms with Crippen molar-refractivity contribution in [3.8, 4) is 34.4 Å². The van der Waals surface area contributed by atoms with E-state index in [-0.39, 0.29) is 0 Å². The van der Waals surface area contributed by atoms with Gasteiger partial charge in [-0.3, -0.25) is 14.5 Å². The zero-order chi connectivity index (χ0) is 29.9. The van der Waals surface area contributed by atoms with Crippen LogP contribution in [0.15, 0.2) is 104 Å². The summed E-state index contributed by atoms with van der Waals surface area (Å²) in [4.78, 5) is 21.0. The highest BCUT2D eigenvalue weighted by Gasteiger charge is 2.21. The van der Waals surface area contributed by atoms with Crippen LogP contribution in [0.25, 0.3) is 39.5 Å². The molecule has 0 amide bonds. The number of nitrogens with zero attached hydrogens (tertiary/aromatic N) is 7. The first-order valence-electron chi connectivity index (χ1n) is 14.7. The van der Waals surface area contributed by atoms with Crippen molar-refractivity contribution in [2.45, 2.75) is 25.4 Å². The second-order valence-corrected chi connectivity index (χ2v) is 11.0. The lowest BCUT2D eigenvalue weighted by Crippen LogP contribution is -2.38. The number of fused-ring (bicyclic) bond motifs is 1. The fraction of sp³-hybridized carbons (Fsp3) is 0.171. The van der Waals surface area contributed by atoms with Crippen LogP contribution in [0.1, 0.15) is 24.0 Å². The Bertz CT molecular complexity index is 1950. The van der Waals surface area contributed by atoms with E-state index in [4.69, 9.17) is 21.0 Å². The Hall–Kier alpha value is -5.59. The van der Waals surface area contributed by atoms with E-state index in [2.05, 4.69) is 67.2 Å². The summed E-state index contributed by atoms with van der Waals surface area (Å²) in [6.45, 7) is 2.86. The Labute approximate surface area is 255 Å². The van der Waals surface area contributed by atoms with E-state index in [1.54, 1.807) is 18.6 Å². The molecule has 0 atom stereocenters. The summed E-state index contributed by atoms with van der Waals surface area (Å²) >= 11 is 0. The minimum Gasteiger partial charge on any atom is -0.383 e. The van der Waals surface area contributed by atoms with E-state index in [0.717, 1.165) is 71.8 Å². The lowest BCUT2D eigenvalue weighted by atomic mass is 10.0. The van der Waals surface area contributed by atoms with Crippen molar-refractivity contribution in [3.63, 3.8) is 0 Å². The number of nitriles is 1. The third-order valence-electron chi connectivity index (χ3n) is 8.08. The van der Waals surface area contributed by atoms with Crippen LogP contribution in [-0.2, 0) is 6.54 Å². The number of anilines is 2. The number of aromatic nitrogens is 5. The van der Waals surface area contributed by atoms with E-state index in [1.165, 1.54) is 5.56 Å². The molecule has 1 aliphatic heterocycles. The van der Waals surface area contributed by atoms with Gasteiger partial charge in [0.2, 0.25) is 0 Å². The molecular weight excluding hydrogens is 546 g/mol. The molecule has 2 aromatic carbocycles. The lowest BCUT2D eigenvalue weighted by molar-refractivity contribution is 0.211. The number of piperidine rings is 1. The minimum absolute atomic E-state index is 0.366. The predicted octanol–water partition coefficient (Wildman–Crippen LogP) is 6.07. The number of pyridine rings is 3. The van der Waals surface area contributed by atoms with Gasteiger partial charge in [-0.2, -0.15) is 5.26 Å². The van der Waals surface area contributed by atoms with Crippen molar-refractivity contribution in [2.75, 3.05) is 24.1 Å². The molecule has 7 rings (SSSR count). The number of likely N-dealkylation sites (tertiary alicyclic amines) is 1. The summed E-state index contributed by atoms with van der Waals surface area (Å²) in [6.07, 6.45) is 7.11. The molecule has 0 spiro atoms. The van der Waals surface area contributed by atoms with Gasteiger partial charge in [-0.05, 0) is 60.9 Å². The Kier molecular flexibility index (Phi) is 7.41. The Balaban J connectivity index is 1.13. The van der Waals surface area contributed by atoms with Crippen LogP contribution >= 0.6 is 0 Å². The van der Waals surface area contributed by atoms with Crippen LogP contribution in [0.3, 0.4) is 0 Å². The molecule has 1 saturated heterocycles. The van der Waals surface area contributed by atoms with E-state index in [0.29, 0.717) is 23.2 Å². The monoisotopic (exact) mass is 577 g/mol. The summed E-state index contributed by atoms with van der Waals surface area (Å²) in [5.74, 6) is 1.14. The number of nitrogens with one attached hydrogen (secondary N) is 1. The van der Waals surface area contributed by atoms with Crippen LogP contribution in [0.5, 0.6) is 0 Å². The normalized spacial score (nSPS) is 14.0. The van der Waals surface area contributed by atoms with E-state index in [1.807, 2.05) is 48.5 Å². The van der Waals surface area contributed by atoms with Crippen LogP contribution in [0, 0.1) is 11.3 Å². The zero-order valence-corrected chi connectivity index (χ0v) is 24.1. The highest BCUT2D eigenvalue weighted by molar-refractivity contribution is 5.84. The first-order chi connectivity index (χ1) is 21.6. The molecule has 44 heavy (non-hydrogen) atoms. The second-order valence-electron chi connectivity index (χ2n) is 11.0. The van der Waals surface area contributed by atoms with Gasteiger partial charge in [-0.25, -0.2) is 15.0 Å². The van der Waals surface area contributed by atoms with Gasteiger partial charge in [0.15, 0.2) is 11.5 Å². The maximum atomic E-state index is 9.15. The van der Waals surface area contributed by atoms with Gasteiger partial charge in [0.25, 0.3) is 0 Å². The number of nitrogen functional groups attached to an aromatic ring is 1. The number of benzene rings is 2. The van der Waals surface area contributed by atoms with Crippen molar-refractivity contribution < 1.29 is 0 Å². The van der Waals surface area contributed by atoms with E-state index in [9.17, 15) is 0 Å². The lowest BCUT2D eigenvalue weighted by Gasteiger charge is -2.32. The topological polar surface area (TPSA) is 122 Å². The number of hydrogen-bond donors (Lipinski definition) is 2. The molecule has 0 radical (unpaired) electrons. The van der Waals surface area contributed by atoms with E-state index < -0.39 is 0 Å². The molecule has 0 unspecified atom stereocenters. The van der Waals surface area contributed by atoms with Crippen LogP contribution < -0.4 is 11.1 Å². The van der Waals surface area contributed by atoms with Gasteiger partial charge in [0, 0.05) is 49.3 Å². The van der Waals surface area contributed by atoms with Gasteiger partial charge in [-0.15, -0.1) is 0 Å². The standard InChI is InChI=1S/C35H31N9/c36-20-25-19-28(22-38-21-25)40-27-14-17-43(18-15-27)23-24-8-10-29(11-9-24)44-34(30-7-4-16-39-33(30)37)42-32-13-12-31(41-35(32)44)26-5-2-1-3-6-26/h1-13,16,19,21-22,27,40H,14-15,17-18,23H2,(H2,37,39). The number of nitrogens with two attached hydrogens (primary N) is 1. The Morgan fingerprint density at radius 2 is 1.73 bits per heavy atom. The summed E-state index contributed by atoms with van der Waals surface area (Å²) in [6, 6.07) is 31.0. The molecule has 1 fully saturated rings. The largest absolute Gasteiger partial charge is 0.383 e. The average Bonchev–Trinajstić information content (AvgIpc) is 3.45. The van der Waals surface area contributed by atoms with Crippen molar-refractivity contribution in [1.29, 1.82) is 5.26 Å². The van der Waals surface area contributed by atoms with Crippen molar-refractivity contribution >= 4 is 22.7 Å². The second kappa shape index (κ2) is 12.0. The summed E-state index contributed by atoms with van der Waals surface area (Å²) in [5.41, 5.74) is 14.3. The maximum absolute atomic E-state index is 9.15. The number of hydrogen-bond acceptors (Lipinski definition) is 8. The van der Waals surface area contributed by atoms with Gasteiger partial charge < -0.3 is 11.1 Å². The number of imidazole rings is 1. The maximum Gasteiger partial charge on any atom is 0.165 e. The number of rotatable bonds is 7. The molecule has 3 N–H and O–H groups in total. The SMILES string of the molecule is N#Cc1cncc(NC2CCN(Cc3ccc(-n4c(-c5cccnc5N)nc5ccc(-c6ccccc6)nc54)cc3)CC2)c1. The summed E-state index contributed by atoms with van der Waals surface area (Å²) < 4.78 is 2.08. The van der Waals surface area contributed by atoms with Crippen molar-refractivity contribution in [2.24, 2.45) is 0 Å². The molecule has 0 bridgehead atoms. The molecule has 4 aromatic heterocycles. The smallest absolute Gasteiger partial charge is 0.165 e. The van der Waals surface area contributed by atoms with Gasteiger partial charge in [-0.1, -0.05) is 42.5 Å². The molecule has 5 heterocycles. The molecule has 9 nitrogen and oxygen atoms in total.